The molecule has 0 atom stereocenters. The van der Waals surface area contributed by atoms with Crippen LogP contribution in [-0.2, 0) is 11.0 Å². The molecule has 0 aliphatic carbocycles. The monoisotopic (exact) mass is 261 g/mol. The van der Waals surface area contributed by atoms with Gasteiger partial charge in [0.2, 0.25) is 0 Å². The number of ketones is 1. The highest BCUT2D eigenvalue weighted by atomic mass is 32.2. The predicted molar refractivity (Wildman–Crippen MR) is 58.5 cm³/mol. The van der Waals surface area contributed by atoms with Crippen molar-refractivity contribution in [2.24, 2.45) is 0 Å². The number of hydrogen-bond acceptors (Lipinski definition) is 3. The Morgan fingerprint density at radius 1 is 1.18 bits per heavy atom. The van der Waals surface area contributed by atoms with Gasteiger partial charge in [-0.25, -0.2) is 4.31 Å². The summed E-state index contributed by atoms with van der Waals surface area (Å²) in [6.45, 7) is 1.02. The summed E-state index contributed by atoms with van der Waals surface area (Å²) in [4.78, 5) is 11.7. The molecule has 1 aromatic carbocycles. The van der Waals surface area contributed by atoms with E-state index in [1.54, 1.807) is 0 Å². The van der Waals surface area contributed by atoms with E-state index in [1.807, 2.05) is 4.31 Å². The van der Waals surface area contributed by atoms with Gasteiger partial charge < -0.3 is 0 Å². The Morgan fingerprint density at radius 2 is 1.82 bits per heavy atom. The van der Waals surface area contributed by atoms with Gasteiger partial charge in [-0.3, -0.25) is 4.79 Å². The standard InChI is InChI=1S/C11H10F3NOS/c12-11(13,14)8-1-3-10(4-2-8)17-15-6-5-9(16)7-15/h1-4H,5-7H2. The van der Waals surface area contributed by atoms with Crippen LogP contribution in [0.3, 0.4) is 0 Å². The third-order valence-electron chi connectivity index (χ3n) is 2.41. The summed E-state index contributed by atoms with van der Waals surface area (Å²) in [6.07, 6.45) is -3.78. The maximum absolute atomic E-state index is 12.3. The molecule has 2 rings (SSSR count). The summed E-state index contributed by atoms with van der Waals surface area (Å²) in [5.74, 6) is 0.171. The Hall–Kier alpha value is -1.01. The molecule has 1 heterocycles. The lowest BCUT2D eigenvalue weighted by Crippen LogP contribution is -2.11. The predicted octanol–water partition coefficient (Wildman–Crippen LogP) is 2.99. The van der Waals surface area contributed by atoms with Crippen LogP contribution in [0.5, 0.6) is 0 Å². The van der Waals surface area contributed by atoms with Gasteiger partial charge in [-0.15, -0.1) is 0 Å². The first-order chi connectivity index (χ1) is 7.95. The number of rotatable bonds is 2. The zero-order valence-corrected chi connectivity index (χ0v) is 9.64. The average molecular weight is 261 g/mol. The van der Waals surface area contributed by atoms with Crippen molar-refractivity contribution in [1.82, 2.24) is 4.31 Å². The van der Waals surface area contributed by atoms with E-state index in [-0.39, 0.29) is 5.78 Å². The molecule has 0 saturated carbocycles. The molecule has 1 fully saturated rings. The van der Waals surface area contributed by atoms with Gasteiger partial charge >= 0.3 is 6.18 Å². The molecule has 0 amide bonds. The summed E-state index contributed by atoms with van der Waals surface area (Å²) >= 11 is 1.32. The minimum Gasteiger partial charge on any atom is -0.298 e. The number of alkyl halides is 3. The van der Waals surface area contributed by atoms with Crippen molar-refractivity contribution in [2.45, 2.75) is 17.5 Å². The van der Waals surface area contributed by atoms with Crippen molar-refractivity contribution in [1.29, 1.82) is 0 Å². The SMILES string of the molecule is O=C1CCN(Sc2ccc(C(F)(F)F)cc2)C1. The topological polar surface area (TPSA) is 20.3 Å². The van der Waals surface area contributed by atoms with Crippen LogP contribution >= 0.6 is 11.9 Å². The van der Waals surface area contributed by atoms with E-state index in [0.29, 0.717) is 24.4 Å². The van der Waals surface area contributed by atoms with Gasteiger partial charge in [-0.1, -0.05) is 0 Å². The van der Waals surface area contributed by atoms with E-state index in [9.17, 15) is 18.0 Å². The summed E-state index contributed by atoms with van der Waals surface area (Å²) in [5.41, 5.74) is -0.653. The number of carbonyl (C=O) groups excluding carboxylic acids is 1. The third kappa shape index (κ3) is 3.23. The molecule has 0 unspecified atom stereocenters. The van der Waals surface area contributed by atoms with Gasteiger partial charge in [0.25, 0.3) is 0 Å². The van der Waals surface area contributed by atoms with Crippen molar-refractivity contribution in [3.63, 3.8) is 0 Å². The second kappa shape index (κ2) is 4.70. The Labute approximate surface area is 101 Å². The molecule has 1 aromatic rings. The quantitative estimate of drug-likeness (QED) is 0.763. The number of hydrogen-bond donors (Lipinski definition) is 0. The fourth-order valence-corrected chi connectivity index (χ4v) is 2.48. The first-order valence-electron chi connectivity index (χ1n) is 5.07. The summed E-state index contributed by atoms with van der Waals surface area (Å²) in [5, 5.41) is 0. The second-order valence-electron chi connectivity index (χ2n) is 3.77. The number of Topliss-reactive ketones (excluding diaryl/α,β-unsaturated/α-hetero) is 1. The van der Waals surface area contributed by atoms with Crippen molar-refractivity contribution >= 4 is 17.7 Å². The van der Waals surface area contributed by atoms with Crippen LogP contribution in [0.15, 0.2) is 29.2 Å². The zero-order chi connectivity index (χ0) is 12.5. The zero-order valence-electron chi connectivity index (χ0n) is 8.83. The third-order valence-corrected chi connectivity index (χ3v) is 3.46. The van der Waals surface area contributed by atoms with Gasteiger partial charge in [0.15, 0.2) is 0 Å². The molecule has 6 heteroatoms. The van der Waals surface area contributed by atoms with Crippen LogP contribution in [0.4, 0.5) is 13.2 Å². The largest absolute Gasteiger partial charge is 0.416 e. The molecule has 1 saturated heterocycles. The van der Waals surface area contributed by atoms with Crippen molar-refractivity contribution < 1.29 is 18.0 Å². The molecule has 2 nitrogen and oxygen atoms in total. The molecule has 0 radical (unpaired) electrons. The van der Waals surface area contributed by atoms with Crippen LogP contribution in [0.2, 0.25) is 0 Å². The first-order valence-corrected chi connectivity index (χ1v) is 5.84. The summed E-state index contributed by atoms with van der Waals surface area (Å²) < 4.78 is 38.8. The lowest BCUT2D eigenvalue weighted by Gasteiger charge is -2.13. The van der Waals surface area contributed by atoms with E-state index >= 15 is 0 Å². The van der Waals surface area contributed by atoms with E-state index in [1.165, 1.54) is 24.1 Å². The maximum Gasteiger partial charge on any atom is 0.416 e. The fraction of sp³-hybridized carbons (Fsp3) is 0.364. The van der Waals surface area contributed by atoms with Crippen molar-refractivity contribution in [3.8, 4) is 0 Å². The Morgan fingerprint density at radius 3 is 2.29 bits per heavy atom. The molecular weight excluding hydrogens is 251 g/mol. The van der Waals surface area contributed by atoms with Crippen LogP contribution in [0.1, 0.15) is 12.0 Å². The van der Waals surface area contributed by atoms with Crippen LogP contribution < -0.4 is 0 Å². The molecule has 0 N–H and O–H groups in total. The molecule has 0 spiro atoms. The highest BCUT2D eigenvalue weighted by molar-refractivity contribution is 7.97. The summed E-state index contributed by atoms with van der Waals surface area (Å²) in [7, 11) is 0. The molecule has 0 aromatic heterocycles. The van der Waals surface area contributed by atoms with Crippen molar-refractivity contribution in [2.75, 3.05) is 13.1 Å². The molecule has 1 aliphatic heterocycles. The van der Waals surface area contributed by atoms with Gasteiger partial charge in [-0.05, 0) is 36.2 Å². The number of carbonyl (C=O) groups is 1. The Bertz CT molecular complexity index is 416. The fourth-order valence-electron chi connectivity index (χ4n) is 1.54. The maximum atomic E-state index is 12.3. The van der Waals surface area contributed by atoms with Gasteiger partial charge in [-0.2, -0.15) is 13.2 Å². The Kier molecular flexibility index (Phi) is 3.44. The highest BCUT2D eigenvalue weighted by Gasteiger charge is 2.30. The second-order valence-corrected chi connectivity index (χ2v) is 4.94. The lowest BCUT2D eigenvalue weighted by atomic mass is 10.2. The number of nitrogens with zero attached hydrogens (tertiary/aromatic N) is 1. The van der Waals surface area contributed by atoms with E-state index < -0.39 is 11.7 Å². The lowest BCUT2D eigenvalue weighted by molar-refractivity contribution is -0.137. The number of benzene rings is 1. The Balaban J connectivity index is 2.01. The van der Waals surface area contributed by atoms with Crippen LogP contribution in [-0.4, -0.2) is 23.2 Å². The average Bonchev–Trinajstić information content (AvgIpc) is 2.63. The molecule has 17 heavy (non-hydrogen) atoms. The first kappa shape index (κ1) is 12.4. The van der Waals surface area contributed by atoms with E-state index in [0.717, 1.165) is 12.1 Å². The normalized spacial score (nSPS) is 17.7. The number of halogens is 3. The van der Waals surface area contributed by atoms with Crippen LogP contribution in [0.25, 0.3) is 0 Å². The molecule has 1 aliphatic rings. The van der Waals surface area contributed by atoms with E-state index in [2.05, 4.69) is 0 Å². The van der Waals surface area contributed by atoms with E-state index in [4.69, 9.17) is 0 Å². The van der Waals surface area contributed by atoms with Crippen molar-refractivity contribution in [3.05, 3.63) is 29.8 Å². The minimum atomic E-state index is -4.30. The van der Waals surface area contributed by atoms with Crippen LogP contribution in [0, 0.1) is 0 Å². The molecular formula is C11H10F3NOS. The summed E-state index contributed by atoms with van der Waals surface area (Å²) in [6, 6.07) is 4.97. The smallest absolute Gasteiger partial charge is 0.298 e. The molecule has 0 bridgehead atoms. The molecule has 92 valence electrons. The van der Waals surface area contributed by atoms with Gasteiger partial charge in [0, 0.05) is 17.9 Å². The minimum absolute atomic E-state index is 0.171. The highest BCUT2D eigenvalue weighted by Crippen LogP contribution is 2.32. The van der Waals surface area contributed by atoms with Gasteiger partial charge in [0.1, 0.15) is 5.78 Å². The van der Waals surface area contributed by atoms with Gasteiger partial charge in [0.05, 0.1) is 12.1 Å².